The summed E-state index contributed by atoms with van der Waals surface area (Å²) in [7, 11) is 0. The van der Waals surface area contributed by atoms with Gasteiger partial charge in [-0.05, 0) is 63.9 Å². The van der Waals surface area contributed by atoms with E-state index in [0.717, 1.165) is 19.6 Å². The van der Waals surface area contributed by atoms with Gasteiger partial charge in [-0.2, -0.15) is 0 Å². The zero-order chi connectivity index (χ0) is 13.3. The number of benzene rings is 1. The van der Waals surface area contributed by atoms with E-state index in [0.29, 0.717) is 0 Å². The Labute approximate surface area is 119 Å². The molecule has 1 aliphatic rings. The van der Waals surface area contributed by atoms with E-state index in [1.54, 1.807) is 0 Å². The van der Waals surface area contributed by atoms with Crippen LogP contribution in [0.15, 0.2) is 16.6 Å². The van der Waals surface area contributed by atoms with Gasteiger partial charge in [-0.15, -0.1) is 0 Å². The number of rotatable bonds is 1. The van der Waals surface area contributed by atoms with Gasteiger partial charge >= 0.3 is 0 Å². The third kappa shape index (κ3) is 3.07. The van der Waals surface area contributed by atoms with Crippen molar-refractivity contribution in [2.24, 2.45) is 0 Å². The third-order valence-corrected chi connectivity index (χ3v) is 4.02. The van der Waals surface area contributed by atoms with Crippen molar-refractivity contribution in [3.63, 3.8) is 0 Å². The van der Waals surface area contributed by atoms with Gasteiger partial charge < -0.3 is 10.2 Å². The molecule has 0 bridgehead atoms. The largest absolute Gasteiger partial charge is 0.369 e. The van der Waals surface area contributed by atoms with Gasteiger partial charge in [0.05, 0.1) is 0 Å². The molecule has 2 rings (SSSR count). The normalized spacial score (nSPS) is 19.7. The van der Waals surface area contributed by atoms with Crippen LogP contribution in [0, 0.1) is 13.8 Å². The first-order valence-corrected chi connectivity index (χ1v) is 7.45. The predicted molar refractivity (Wildman–Crippen MR) is 82.5 cm³/mol. The van der Waals surface area contributed by atoms with E-state index in [4.69, 9.17) is 0 Å². The Bertz CT molecular complexity index is 417. The lowest BCUT2D eigenvalue weighted by Gasteiger charge is -2.33. The molecule has 0 atom stereocenters. The van der Waals surface area contributed by atoms with E-state index in [1.807, 2.05) is 0 Å². The molecule has 1 aromatic rings. The first-order chi connectivity index (χ1) is 8.39. The van der Waals surface area contributed by atoms with Crippen molar-refractivity contribution in [3.05, 3.63) is 27.7 Å². The van der Waals surface area contributed by atoms with Gasteiger partial charge in [-0.3, -0.25) is 0 Å². The molecule has 1 aromatic carbocycles. The average molecular weight is 311 g/mol. The number of aryl methyl sites for hydroxylation is 2. The molecule has 0 unspecified atom stereocenters. The van der Waals surface area contributed by atoms with Crippen LogP contribution in [-0.2, 0) is 0 Å². The van der Waals surface area contributed by atoms with E-state index < -0.39 is 0 Å². The van der Waals surface area contributed by atoms with Gasteiger partial charge in [-0.25, -0.2) is 0 Å². The highest BCUT2D eigenvalue weighted by molar-refractivity contribution is 9.10. The molecule has 0 saturated carbocycles. The molecule has 1 fully saturated rings. The molecule has 0 amide bonds. The van der Waals surface area contributed by atoms with E-state index in [1.165, 1.54) is 27.7 Å². The molecule has 1 aliphatic heterocycles. The molecule has 2 nitrogen and oxygen atoms in total. The summed E-state index contributed by atoms with van der Waals surface area (Å²) in [5, 5.41) is 3.62. The summed E-state index contributed by atoms with van der Waals surface area (Å²) in [6, 6.07) is 4.43. The highest BCUT2D eigenvalue weighted by Gasteiger charge is 2.25. The summed E-state index contributed by atoms with van der Waals surface area (Å²) in [6.45, 7) is 12.3. The van der Waals surface area contributed by atoms with Crippen LogP contribution < -0.4 is 10.2 Å². The Balaban J connectivity index is 2.35. The van der Waals surface area contributed by atoms with Gasteiger partial charge in [0.1, 0.15) is 0 Å². The topological polar surface area (TPSA) is 15.3 Å². The standard InChI is InChI=1S/C15H23BrN2/c1-11-8-13(16)9-12(2)14(11)18-7-5-6-17-15(3,4)10-18/h8-9,17H,5-7,10H2,1-4H3. The highest BCUT2D eigenvalue weighted by Crippen LogP contribution is 2.30. The quantitative estimate of drug-likeness (QED) is 0.852. The Morgan fingerprint density at radius 2 is 1.83 bits per heavy atom. The van der Waals surface area contributed by atoms with Crippen molar-refractivity contribution < 1.29 is 0 Å². The van der Waals surface area contributed by atoms with Crippen LogP contribution in [0.4, 0.5) is 5.69 Å². The fourth-order valence-corrected chi connectivity index (χ4v) is 3.59. The molecule has 0 aliphatic carbocycles. The van der Waals surface area contributed by atoms with Gasteiger partial charge in [0.25, 0.3) is 0 Å². The third-order valence-electron chi connectivity index (χ3n) is 3.57. The second kappa shape index (κ2) is 5.22. The number of nitrogens with zero attached hydrogens (tertiary/aromatic N) is 1. The van der Waals surface area contributed by atoms with Crippen LogP contribution in [0.3, 0.4) is 0 Å². The molecular formula is C15H23BrN2. The fourth-order valence-electron chi connectivity index (χ4n) is 2.90. The lowest BCUT2D eigenvalue weighted by atomic mass is 10.0. The lowest BCUT2D eigenvalue weighted by Crippen LogP contribution is -2.46. The number of hydrogen-bond donors (Lipinski definition) is 1. The predicted octanol–water partition coefficient (Wildman–Crippen LogP) is 3.64. The minimum Gasteiger partial charge on any atom is -0.369 e. The van der Waals surface area contributed by atoms with Gasteiger partial charge in [0.2, 0.25) is 0 Å². The van der Waals surface area contributed by atoms with Crippen LogP contribution in [0.25, 0.3) is 0 Å². The van der Waals surface area contributed by atoms with Gasteiger partial charge in [0.15, 0.2) is 0 Å². The molecule has 3 heteroatoms. The van der Waals surface area contributed by atoms with Gasteiger partial charge in [0, 0.05) is 28.8 Å². The second-order valence-corrected chi connectivity index (χ2v) is 6.89. The monoisotopic (exact) mass is 310 g/mol. The number of nitrogens with one attached hydrogen (secondary N) is 1. The summed E-state index contributed by atoms with van der Waals surface area (Å²) >= 11 is 3.58. The van der Waals surface area contributed by atoms with Crippen LogP contribution in [0.2, 0.25) is 0 Å². The first-order valence-electron chi connectivity index (χ1n) is 6.66. The molecule has 100 valence electrons. The zero-order valence-corrected chi connectivity index (χ0v) is 13.4. The van der Waals surface area contributed by atoms with Crippen LogP contribution in [0.1, 0.15) is 31.4 Å². The van der Waals surface area contributed by atoms with Crippen molar-refractivity contribution in [3.8, 4) is 0 Å². The maximum atomic E-state index is 3.62. The van der Waals surface area contributed by atoms with Gasteiger partial charge in [-0.1, -0.05) is 15.9 Å². The summed E-state index contributed by atoms with van der Waals surface area (Å²) in [6.07, 6.45) is 1.21. The Morgan fingerprint density at radius 3 is 2.44 bits per heavy atom. The van der Waals surface area contributed by atoms with E-state index >= 15 is 0 Å². The summed E-state index contributed by atoms with van der Waals surface area (Å²) in [5.41, 5.74) is 4.32. The average Bonchev–Trinajstić information content (AvgIpc) is 2.37. The van der Waals surface area contributed by atoms with Crippen LogP contribution >= 0.6 is 15.9 Å². The first kappa shape index (κ1) is 13.9. The Morgan fingerprint density at radius 1 is 1.22 bits per heavy atom. The van der Waals surface area contributed by atoms with Crippen LogP contribution in [0.5, 0.6) is 0 Å². The number of anilines is 1. The van der Waals surface area contributed by atoms with Crippen LogP contribution in [-0.4, -0.2) is 25.2 Å². The Hall–Kier alpha value is -0.540. The highest BCUT2D eigenvalue weighted by atomic mass is 79.9. The van der Waals surface area contributed by atoms with E-state index in [2.05, 4.69) is 66.0 Å². The van der Waals surface area contributed by atoms with E-state index in [9.17, 15) is 0 Å². The van der Waals surface area contributed by atoms with Crippen molar-refractivity contribution in [1.29, 1.82) is 0 Å². The molecule has 1 heterocycles. The zero-order valence-electron chi connectivity index (χ0n) is 11.8. The summed E-state index contributed by atoms with van der Waals surface area (Å²) in [4.78, 5) is 2.54. The second-order valence-electron chi connectivity index (χ2n) is 5.97. The van der Waals surface area contributed by atoms with Crippen molar-refractivity contribution in [1.82, 2.24) is 5.32 Å². The van der Waals surface area contributed by atoms with Crippen molar-refractivity contribution in [2.75, 3.05) is 24.5 Å². The molecule has 0 radical (unpaired) electrons. The number of hydrogen-bond acceptors (Lipinski definition) is 2. The maximum Gasteiger partial charge on any atom is 0.0427 e. The molecular weight excluding hydrogens is 288 g/mol. The minimum atomic E-state index is 0.183. The fraction of sp³-hybridized carbons (Fsp3) is 0.600. The Kier molecular flexibility index (Phi) is 4.02. The van der Waals surface area contributed by atoms with Crippen molar-refractivity contribution in [2.45, 2.75) is 39.7 Å². The lowest BCUT2D eigenvalue weighted by molar-refractivity contribution is 0.416. The summed E-state index contributed by atoms with van der Waals surface area (Å²) in [5.74, 6) is 0. The molecule has 0 aromatic heterocycles. The number of halogens is 1. The molecule has 0 spiro atoms. The van der Waals surface area contributed by atoms with Crippen molar-refractivity contribution >= 4 is 21.6 Å². The minimum absolute atomic E-state index is 0.183. The smallest absolute Gasteiger partial charge is 0.0427 e. The SMILES string of the molecule is Cc1cc(Br)cc(C)c1N1CCCNC(C)(C)C1. The van der Waals surface area contributed by atoms with E-state index in [-0.39, 0.29) is 5.54 Å². The summed E-state index contributed by atoms with van der Waals surface area (Å²) < 4.78 is 1.17. The molecule has 18 heavy (non-hydrogen) atoms. The molecule has 1 saturated heterocycles. The maximum absolute atomic E-state index is 3.62. The molecule has 1 N–H and O–H groups in total.